The van der Waals surface area contributed by atoms with Gasteiger partial charge in [-0.3, -0.25) is 14.3 Å². The Bertz CT molecular complexity index is 1350. The molecule has 0 unspecified atom stereocenters. The number of H-pyrrole nitrogens is 1. The second-order valence-corrected chi connectivity index (χ2v) is 8.43. The number of rotatable bonds is 5. The monoisotopic (exact) mass is 448 g/mol. The first-order chi connectivity index (χ1) is 16.0. The zero-order chi connectivity index (χ0) is 22.9. The Morgan fingerprint density at radius 3 is 2.64 bits per heavy atom. The molecule has 33 heavy (non-hydrogen) atoms. The second kappa shape index (κ2) is 8.67. The van der Waals surface area contributed by atoms with E-state index in [0.717, 1.165) is 42.7 Å². The molecule has 3 heterocycles. The minimum absolute atomic E-state index is 0.0863. The first kappa shape index (κ1) is 21.1. The van der Waals surface area contributed by atoms with Crippen LogP contribution in [0.1, 0.15) is 24.6 Å². The predicted molar refractivity (Wildman–Crippen MR) is 124 cm³/mol. The van der Waals surface area contributed by atoms with Crippen molar-refractivity contribution in [3.8, 4) is 5.69 Å². The van der Waals surface area contributed by atoms with Gasteiger partial charge in [-0.1, -0.05) is 12.1 Å². The standard InChI is InChI=1S/C24H25FN6O2/c1-16-14-22(31(28-16)19-8-6-17(25)7-9-19)27-23(32)15-29-12-10-18(11-13-29)30-21-5-3-2-4-20(21)26-24(30)33/h2-9,14,18H,10-13,15H2,1H3,(H,26,33)(H,27,32). The molecule has 170 valence electrons. The Labute approximate surface area is 189 Å². The molecule has 2 N–H and O–H groups in total. The van der Waals surface area contributed by atoms with Gasteiger partial charge in [0.1, 0.15) is 11.6 Å². The van der Waals surface area contributed by atoms with Crippen molar-refractivity contribution < 1.29 is 9.18 Å². The summed E-state index contributed by atoms with van der Waals surface area (Å²) in [6.07, 6.45) is 1.59. The molecular weight excluding hydrogens is 423 g/mol. The average molecular weight is 449 g/mol. The molecule has 1 saturated heterocycles. The van der Waals surface area contributed by atoms with Crippen LogP contribution in [0.2, 0.25) is 0 Å². The first-order valence-corrected chi connectivity index (χ1v) is 11.0. The van der Waals surface area contributed by atoms with Gasteiger partial charge in [-0.05, 0) is 56.2 Å². The predicted octanol–water partition coefficient (Wildman–Crippen LogP) is 3.24. The number of benzene rings is 2. The largest absolute Gasteiger partial charge is 0.326 e. The Balaban J connectivity index is 1.22. The first-order valence-electron chi connectivity index (χ1n) is 11.0. The molecule has 8 nitrogen and oxygen atoms in total. The normalized spacial score (nSPS) is 15.2. The maximum absolute atomic E-state index is 13.3. The Morgan fingerprint density at radius 1 is 1.15 bits per heavy atom. The van der Waals surface area contributed by atoms with E-state index < -0.39 is 0 Å². The third-order valence-electron chi connectivity index (χ3n) is 6.08. The number of hydrogen-bond donors (Lipinski definition) is 2. The van der Waals surface area contributed by atoms with Crippen LogP contribution in [0.4, 0.5) is 10.2 Å². The fourth-order valence-corrected chi connectivity index (χ4v) is 4.53. The number of nitrogens with zero attached hydrogens (tertiary/aromatic N) is 4. The maximum atomic E-state index is 13.3. The van der Waals surface area contributed by atoms with Gasteiger partial charge in [-0.25, -0.2) is 13.9 Å². The van der Waals surface area contributed by atoms with Crippen molar-refractivity contribution in [1.82, 2.24) is 24.2 Å². The van der Waals surface area contributed by atoms with E-state index in [-0.39, 0.29) is 30.0 Å². The van der Waals surface area contributed by atoms with Crippen molar-refractivity contribution in [3.63, 3.8) is 0 Å². The summed E-state index contributed by atoms with van der Waals surface area (Å²) < 4.78 is 16.7. The number of aromatic nitrogens is 4. The number of likely N-dealkylation sites (tertiary alicyclic amines) is 1. The number of fused-ring (bicyclic) bond motifs is 1. The van der Waals surface area contributed by atoms with E-state index in [2.05, 4.69) is 20.3 Å². The minimum atomic E-state index is -0.327. The summed E-state index contributed by atoms with van der Waals surface area (Å²) in [5.41, 5.74) is 3.10. The molecule has 0 bridgehead atoms. The number of aryl methyl sites for hydroxylation is 1. The molecule has 2 aromatic carbocycles. The summed E-state index contributed by atoms with van der Waals surface area (Å²) >= 11 is 0. The lowest BCUT2D eigenvalue weighted by molar-refractivity contribution is -0.117. The van der Waals surface area contributed by atoms with Crippen LogP contribution >= 0.6 is 0 Å². The van der Waals surface area contributed by atoms with E-state index in [9.17, 15) is 14.0 Å². The SMILES string of the molecule is Cc1cc(NC(=O)CN2CCC(n3c(=O)[nH]c4ccccc43)CC2)n(-c2ccc(F)cc2)n1. The molecule has 0 spiro atoms. The number of nitrogens with one attached hydrogen (secondary N) is 2. The molecule has 0 atom stereocenters. The number of hydrogen-bond acceptors (Lipinski definition) is 4. The van der Waals surface area contributed by atoms with E-state index in [1.54, 1.807) is 22.9 Å². The van der Waals surface area contributed by atoms with E-state index in [1.807, 2.05) is 35.8 Å². The lowest BCUT2D eigenvalue weighted by Crippen LogP contribution is -2.41. The lowest BCUT2D eigenvalue weighted by Gasteiger charge is -2.32. The van der Waals surface area contributed by atoms with Crippen LogP contribution in [0.25, 0.3) is 16.7 Å². The molecule has 0 saturated carbocycles. The summed E-state index contributed by atoms with van der Waals surface area (Å²) in [5.74, 6) is 0.0804. The zero-order valence-electron chi connectivity index (χ0n) is 18.3. The topological polar surface area (TPSA) is 88.0 Å². The van der Waals surface area contributed by atoms with Crippen molar-refractivity contribution in [3.05, 3.63) is 76.6 Å². The van der Waals surface area contributed by atoms with Crippen LogP contribution in [0.5, 0.6) is 0 Å². The van der Waals surface area contributed by atoms with Crippen molar-refractivity contribution in [2.45, 2.75) is 25.8 Å². The van der Waals surface area contributed by atoms with Gasteiger partial charge in [0.05, 0.1) is 29.0 Å². The van der Waals surface area contributed by atoms with E-state index in [0.29, 0.717) is 11.5 Å². The van der Waals surface area contributed by atoms with E-state index in [1.165, 1.54) is 12.1 Å². The minimum Gasteiger partial charge on any atom is -0.309 e. The smallest absolute Gasteiger partial charge is 0.309 e. The third-order valence-corrected chi connectivity index (χ3v) is 6.08. The van der Waals surface area contributed by atoms with Crippen LogP contribution in [-0.4, -0.2) is 49.8 Å². The molecule has 1 amide bonds. The summed E-state index contributed by atoms with van der Waals surface area (Å²) in [6.45, 7) is 3.54. The molecule has 1 aliphatic heterocycles. The zero-order valence-corrected chi connectivity index (χ0v) is 18.3. The number of anilines is 1. The fourth-order valence-electron chi connectivity index (χ4n) is 4.53. The molecule has 9 heteroatoms. The van der Waals surface area contributed by atoms with Crippen molar-refractivity contribution in [2.24, 2.45) is 0 Å². The molecule has 1 aliphatic rings. The Kier molecular flexibility index (Phi) is 5.55. The van der Waals surface area contributed by atoms with Gasteiger partial charge in [-0.15, -0.1) is 0 Å². The number of imidazole rings is 1. The van der Waals surface area contributed by atoms with Gasteiger partial charge in [-0.2, -0.15) is 5.10 Å². The second-order valence-electron chi connectivity index (χ2n) is 8.43. The highest BCUT2D eigenvalue weighted by Gasteiger charge is 2.25. The van der Waals surface area contributed by atoms with E-state index in [4.69, 9.17) is 0 Å². The fraction of sp³-hybridized carbons (Fsp3) is 0.292. The lowest BCUT2D eigenvalue weighted by atomic mass is 10.0. The number of carbonyl (C=O) groups is 1. The van der Waals surface area contributed by atoms with Crippen molar-refractivity contribution in [1.29, 1.82) is 0 Å². The van der Waals surface area contributed by atoms with Crippen molar-refractivity contribution >= 4 is 22.8 Å². The molecule has 2 aromatic heterocycles. The molecule has 4 aromatic rings. The number of carbonyl (C=O) groups excluding carboxylic acids is 1. The maximum Gasteiger partial charge on any atom is 0.326 e. The number of amides is 1. The van der Waals surface area contributed by atoms with Crippen LogP contribution in [0, 0.1) is 12.7 Å². The Hall–Kier alpha value is -3.72. The molecule has 0 radical (unpaired) electrons. The van der Waals surface area contributed by atoms with Gasteiger partial charge in [0.2, 0.25) is 5.91 Å². The van der Waals surface area contributed by atoms with Crippen LogP contribution in [0.3, 0.4) is 0 Å². The van der Waals surface area contributed by atoms with E-state index >= 15 is 0 Å². The summed E-state index contributed by atoms with van der Waals surface area (Å²) in [4.78, 5) is 30.2. The van der Waals surface area contributed by atoms with Gasteiger partial charge in [0.25, 0.3) is 0 Å². The third kappa shape index (κ3) is 4.31. The number of aromatic amines is 1. The molecule has 0 aliphatic carbocycles. The molecule has 1 fully saturated rings. The number of para-hydroxylation sites is 2. The van der Waals surface area contributed by atoms with Crippen LogP contribution in [-0.2, 0) is 4.79 Å². The van der Waals surface area contributed by atoms with Gasteiger partial charge < -0.3 is 10.3 Å². The summed E-state index contributed by atoms with van der Waals surface area (Å²) in [5, 5.41) is 7.34. The van der Waals surface area contributed by atoms with Gasteiger partial charge >= 0.3 is 5.69 Å². The van der Waals surface area contributed by atoms with Gasteiger partial charge in [0, 0.05) is 25.2 Å². The van der Waals surface area contributed by atoms with Crippen molar-refractivity contribution in [2.75, 3.05) is 25.0 Å². The number of piperidine rings is 1. The molecule has 5 rings (SSSR count). The average Bonchev–Trinajstić information content (AvgIpc) is 3.33. The number of halogens is 1. The van der Waals surface area contributed by atoms with Crippen LogP contribution in [0.15, 0.2) is 59.4 Å². The van der Waals surface area contributed by atoms with Crippen LogP contribution < -0.4 is 11.0 Å². The quantitative estimate of drug-likeness (QED) is 0.491. The highest BCUT2D eigenvalue weighted by Crippen LogP contribution is 2.25. The summed E-state index contributed by atoms with van der Waals surface area (Å²) in [7, 11) is 0. The highest BCUT2D eigenvalue weighted by atomic mass is 19.1. The van der Waals surface area contributed by atoms with Gasteiger partial charge in [0.15, 0.2) is 0 Å². The molecular formula is C24H25FN6O2. The Morgan fingerprint density at radius 2 is 1.88 bits per heavy atom. The summed E-state index contributed by atoms with van der Waals surface area (Å²) in [6, 6.07) is 15.6. The highest BCUT2D eigenvalue weighted by molar-refractivity contribution is 5.91.